The smallest absolute Gasteiger partial charge is 0.217 e. The van der Waals surface area contributed by atoms with Crippen LogP contribution < -0.4 is 11.5 Å². The summed E-state index contributed by atoms with van der Waals surface area (Å²) in [5.74, 6) is -0.262. The van der Waals surface area contributed by atoms with Gasteiger partial charge < -0.3 is 11.5 Å². The Labute approximate surface area is 113 Å². The van der Waals surface area contributed by atoms with Crippen molar-refractivity contribution in [1.82, 2.24) is 0 Å². The van der Waals surface area contributed by atoms with Crippen molar-refractivity contribution in [1.29, 1.82) is 0 Å². The number of rotatable bonds is 5. The zero-order chi connectivity index (χ0) is 13.8. The van der Waals surface area contributed by atoms with E-state index in [1.54, 1.807) is 0 Å². The highest BCUT2D eigenvalue weighted by Gasteiger charge is 2.12. The maximum absolute atomic E-state index is 10.8. The number of hydrogen-bond donors (Lipinski definition) is 2. The molecule has 1 unspecified atom stereocenters. The fourth-order valence-electron chi connectivity index (χ4n) is 2.54. The fraction of sp³-hybridized carbons (Fsp3) is 0.312. The van der Waals surface area contributed by atoms with Crippen molar-refractivity contribution in [2.75, 3.05) is 0 Å². The molecule has 100 valence electrons. The first-order valence-electron chi connectivity index (χ1n) is 6.61. The molecule has 4 N–H and O–H groups in total. The minimum absolute atomic E-state index is 0.0505. The highest BCUT2D eigenvalue weighted by atomic mass is 16.1. The van der Waals surface area contributed by atoms with Crippen molar-refractivity contribution in [3.05, 3.63) is 47.5 Å². The number of nitrogens with two attached hydrogens (primary N) is 2. The summed E-state index contributed by atoms with van der Waals surface area (Å²) >= 11 is 0. The van der Waals surface area contributed by atoms with Gasteiger partial charge in [-0.2, -0.15) is 0 Å². The Morgan fingerprint density at radius 3 is 2.68 bits per heavy atom. The molecule has 2 aromatic carbocycles. The van der Waals surface area contributed by atoms with Gasteiger partial charge in [0.2, 0.25) is 5.91 Å². The molecule has 0 saturated heterocycles. The minimum atomic E-state index is -0.262. The van der Waals surface area contributed by atoms with E-state index < -0.39 is 0 Å². The van der Waals surface area contributed by atoms with Crippen molar-refractivity contribution in [2.45, 2.75) is 32.2 Å². The van der Waals surface area contributed by atoms with Gasteiger partial charge in [-0.15, -0.1) is 0 Å². The highest BCUT2D eigenvalue weighted by Crippen LogP contribution is 2.28. The van der Waals surface area contributed by atoms with Gasteiger partial charge in [-0.3, -0.25) is 4.79 Å². The van der Waals surface area contributed by atoms with Crippen molar-refractivity contribution >= 4 is 16.7 Å². The summed E-state index contributed by atoms with van der Waals surface area (Å²) in [5, 5.41) is 2.41. The molecule has 2 aromatic rings. The maximum atomic E-state index is 10.8. The molecule has 0 aromatic heterocycles. The molecule has 3 heteroatoms. The predicted molar refractivity (Wildman–Crippen MR) is 78.7 cm³/mol. The Bertz CT molecular complexity index is 592. The normalized spacial score (nSPS) is 12.5. The van der Waals surface area contributed by atoms with Crippen LogP contribution in [0.2, 0.25) is 0 Å². The first-order chi connectivity index (χ1) is 9.09. The van der Waals surface area contributed by atoms with Crippen LogP contribution in [0, 0.1) is 6.92 Å². The molecule has 0 spiro atoms. The monoisotopic (exact) mass is 256 g/mol. The third kappa shape index (κ3) is 3.12. The Balaban J connectivity index is 2.27. The van der Waals surface area contributed by atoms with Crippen LogP contribution in [0.5, 0.6) is 0 Å². The minimum Gasteiger partial charge on any atom is -0.370 e. The van der Waals surface area contributed by atoms with E-state index in [1.807, 2.05) is 12.1 Å². The van der Waals surface area contributed by atoms with Gasteiger partial charge in [0.1, 0.15) is 0 Å². The topological polar surface area (TPSA) is 69.1 Å². The van der Waals surface area contributed by atoms with Gasteiger partial charge in [0.05, 0.1) is 0 Å². The highest BCUT2D eigenvalue weighted by molar-refractivity contribution is 5.87. The molecule has 2 rings (SSSR count). The van der Waals surface area contributed by atoms with Crippen molar-refractivity contribution in [2.24, 2.45) is 11.5 Å². The lowest BCUT2D eigenvalue weighted by atomic mass is 9.92. The number of aryl methyl sites for hydroxylation is 1. The van der Waals surface area contributed by atoms with E-state index in [2.05, 4.69) is 31.2 Å². The van der Waals surface area contributed by atoms with Crippen LogP contribution >= 0.6 is 0 Å². The Morgan fingerprint density at radius 2 is 1.95 bits per heavy atom. The van der Waals surface area contributed by atoms with Gasteiger partial charge in [-0.25, -0.2) is 0 Å². The van der Waals surface area contributed by atoms with E-state index >= 15 is 0 Å². The molecule has 1 atom stereocenters. The van der Waals surface area contributed by atoms with E-state index in [0.29, 0.717) is 6.42 Å². The molecule has 0 aliphatic heterocycles. The zero-order valence-corrected chi connectivity index (χ0v) is 11.2. The van der Waals surface area contributed by atoms with Crippen molar-refractivity contribution < 1.29 is 4.79 Å². The Morgan fingerprint density at radius 1 is 1.21 bits per heavy atom. The Hall–Kier alpha value is -1.87. The molecule has 3 nitrogen and oxygen atoms in total. The average molecular weight is 256 g/mol. The molecular weight excluding hydrogens is 236 g/mol. The molecular formula is C16H20N2O. The van der Waals surface area contributed by atoms with Gasteiger partial charge in [0.15, 0.2) is 0 Å². The number of hydrogen-bond acceptors (Lipinski definition) is 2. The van der Waals surface area contributed by atoms with Crippen LogP contribution in [-0.2, 0) is 4.79 Å². The summed E-state index contributed by atoms with van der Waals surface area (Å²) in [4.78, 5) is 10.8. The SMILES string of the molecule is Cc1ccc2ccccc2c1C(N)CCCC(N)=O. The fourth-order valence-corrected chi connectivity index (χ4v) is 2.54. The lowest BCUT2D eigenvalue weighted by molar-refractivity contribution is -0.118. The van der Waals surface area contributed by atoms with Gasteiger partial charge in [-0.1, -0.05) is 36.4 Å². The molecule has 0 heterocycles. The molecule has 19 heavy (non-hydrogen) atoms. The van der Waals surface area contributed by atoms with Gasteiger partial charge in [-0.05, 0) is 41.7 Å². The molecule has 0 fully saturated rings. The summed E-state index contributed by atoms with van der Waals surface area (Å²) < 4.78 is 0. The van der Waals surface area contributed by atoms with Crippen LogP contribution in [0.25, 0.3) is 10.8 Å². The van der Waals surface area contributed by atoms with Crippen molar-refractivity contribution in [3.8, 4) is 0 Å². The Kier molecular flexibility index (Phi) is 4.17. The lowest BCUT2D eigenvalue weighted by Gasteiger charge is -2.17. The summed E-state index contributed by atoms with van der Waals surface area (Å²) in [7, 11) is 0. The zero-order valence-electron chi connectivity index (χ0n) is 11.2. The molecule has 0 radical (unpaired) electrons. The van der Waals surface area contributed by atoms with Crippen LogP contribution in [0.15, 0.2) is 36.4 Å². The number of fused-ring (bicyclic) bond motifs is 1. The van der Waals surface area contributed by atoms with E-state index in [1.165, 1.54) is 21.9 Å². The largest absolute Gasteiger partial charge is 0.370 e. The van der Waals surface area contributed by atoms with Crippen LogP contribution in [0.1, 0.15) is 36.4 Å². The number of amides is 1. The average Bonchev–Trinajstić information content (AvgIpc) is 2.38. The van der Waals surface area contributed by atoms with Crippen LogP contribution in [-0.4, -0.2) is 5.91 Å². The van der Waals surface area contributed by atoms with E-state index in [-0.39, 0.29) is 11.9 Å². The standard InChI is InChI=1S/C16H20N2O/c1-11-9-10-12-5-2-3-6-13(12)16(11)14(17)7-4-8-15(18)19/h2-3,5-6,9-10,14H,4,7-8,17H2,1H3,(H2,18,19). The second kappa shape index (κ2) is 5.85. The molecule has 0 aliphatic rings. The molecule has 0 saturated carbocycles. The van der Waals surface area contributed by atoms with E-state index in [0.717, 1.165) is 12.8 Å². The molecule has 0 bridgehead atoms. The second-order valence-corrected chi connectivity index (χ2v) is 4.98. The van der Waals surface area contributed by atoms with Gasteiger partial charge in [0.25, 0.3) is 0 Å². The summed E-state index contributed by atoms with van der Waals surface area (Å²) in [5.41, 5.74) is 13.8. The maximum Gasteiger partial charge on any atom is 0.217 e. The van der Waals surface area contributed by atoms with Crippen molar-refractivity contribution in [3.63, 3.8) is 0 Å². The summed E-state index contributed by atoms with van der Waals surface area (Å²) in [6, 6.07) is 12.4. The number of benzene rings is 2. The third-order valence-electron chi connectivity index (χ3n) is 3.50. The summed E-state index contributed by atoms with van der Waals surface area (Å²) in [6.45, 7) is 2.08. The number of primary amides is 1. The van der Waals surface area contributed by atoms with Gasteiger partial charge in [0, 0.05) is 12.5 Å². The first kappa shape index (κ1) is 13.6. The van der Waals surface area contributed by atoms with Crippen LogP contribution in [0.3, 0.4) is 0 Å². The van der Waals surface area contributed by atoms with Gasteiger partial charge >= 0.3 is 0 Å². The van der Waals surface area contributed by atoms with E-state index in [9.17, 15) is 4.79 Å². The summed E-state index contributed by atoms with van der Waals surface area (Å²) in [6.07, 6.45) is 1.91. The number of carbonyl (C=O) groups excluding carboxylic acids is 1. The van der Waals surface area contributed by atoms with E-state index in [4.69, 9.17) is 11.5 Å². The number of carbonyl (C=O) groups is 1. The quantitative estimate of drug-likeness (QED) is 0.863. The van der Waals surface area contributed by atoms with Crippen LogP contribution in [0.4, 0.5) is 0 Å². The third-order valence-corrected chi connectivity index (χ3v) is 3.50. The first-order valence-corrected chi connectivity index (χ1v) is 6.61. The molecule has 1 amide bonds. The second-order valence-electron chi connectivity index (χ2n) is 4.98. The lowest BCUT2D eigenvalue weighted by Crippen LogP contribution is -2.15. The predicted octanol–water partition coefficient (Wildman–Crippen LogP) is 2.80. The molecule has 0 aliphatic carbocycles.